The molecule has 1 amide bonds. The Morgan fingerprint density at radius 2 is 1.76 bits per heavy atom. The first kappa shape index (κ1) is 25.7. The van der Waals surface area contributed by atoms with Crippen molar-refractivity contribution in [1.82, 2.24) is 14.8 Å². The molecule has 3 rings (SSSR count). The van der Waals surface area contributed by atoms with E-state index in [1.54, 1.807) is 0 Å². The quantitative estimate of drug-likeness (QED) is 0.344. The van der Waals surface area contributed by atoms with E-state index < -0.39 is 17.5 Å². The number of anilines is 1. The number of nitrogens with zero attached hydrogens (tertiary/aromatic N) is 3. The van der Waals surface area contributed by atoms with Crippen LogP contribution in [-0.4, -0.2) is 26.4 Å². The van der Waals surface area contributed by atoms with Gasteiger partial charge in [-0.3, -0.25) is 4.79 Å². The van der Waals surface area contributed by atoms with Gasteiger partial charge in [-0.1, -0.05) is 51.6 Å². The van der Waals surface area contributed by atoms with E-state index in [4.69, 9.17) is 4.74 Å². The molecule has 2 aromatic carbocycles. The number of halogens is 2. The molecule has 34 heavy (non-hydrogen) atoms. The predicted octanol–water partition coefficient (Wildman–Crippen LogP) is 6.21. The number of benzene rings is 2. The van der Waals surface area contributed by atoms with Gasteiger partial charge < -0.3 is 14.6 Å². The zero-order valence-corrected chi connectivity index (χ0v) is 20.8. The monoisotopic (exact) mass is 488 g/mol. The number of thioether (sulfide) groups is 1. The highest BCUT2D eigenvalue weighted by atomic mass is 32.2. The van der Waals surface area contributed by atoms with Crippen molar-refractivity contribution in [1.29, 1.82) is 0 Å². The number of amides is 1. The minimum Gasteiger partial charge on any atom is -0.483 e. The van der Waals surface area contributed by atoms with Gasteiger partial charge in [-0.15, -0.1) is 10.2 Å². The Kier molecular flexibility index (Phi) is 8.66. The van der Waals surface area contributed by atoms with Crippen LogP contribution in [0.1, 0.15) is 58.0 Å². The minimum absolute atomic E-state index is 0.0297. The van der Waals surface area contributed by atoms with Gasteiger partial charge in [0.05, 0.1) is 11.4 Å². The van der Waals surface area contributed by atoms with Crippen LogP contribution in [0.3, 0.4) is 0 Å². The first-order chi connectivity index (χ1) is 16.1. The normalized spacial score (nSPS) is 12.3. The van der Waals surface area contributed by atoms with E-state index in [0.29, 0.717) is 29.4 Å². The fraction of sp³-hybridized carbons (Fsp3) is 0.400. The van der Waals surface area contributed by atoms with Crippen molar-refractivity contribution in [3.05, 3.63) is 65.5 Å². The number of carbonyl (C=O) groups excluding carboxylic acids is 1. The molecule has 0 bridgehead atoms. The molecular weight excluding hydrogens is 458 g/mol. The first-order valence-corrected chi connectivity index (χ1v) is 12.2. The van der Waals surface area contributed by atoms with Gasteiger partial charge in [0.2, 0.25) is 5.91 Å². The molecule has 0 aliphatic heterocycles. The largest absolute Gasteiger partial charge is 0.483 e. The number of ether oxygens (including phenoxy) is 1. The van der Waals surface area contributed by atoms with E-state index in [9.17, 15) is 13.6 Å². The van der Waals surface area contributed by atoms with Crippen molar-refractivity contribution in [3.63, 3.8) is 0 Å². The van der Waals surface area contributed by atoms with Crippen LogP contribution < -0.4 is 10.1 Å². The summed E-state index contributed by atoms with van der Waals surface area (Å²) < 4.78 is 35.2. The van der Waals surface area contributed by atoms with Crippen molar-refractivity contribution in [3.8, 4) is 5.75 Å². The van der Waals surface area contributed by atoms with Gasteiger partial charge in [0.15, 0.2) is 17.1 Å². The number of carbonyl (C=O) groups is 1. The molecule has 182 valence electrons. The van der Waals surface area contributed by atoms with Gasteiger partial charge in [0, 0.05) is 12.6 Å². The summed E-state index contributed by atoms with van der Waals surface area (Å²) in [6.07, 6.45) is -0.360. The zero-order valence-electron chi connectivity index (χ0n) is 20.0. The average Bonchev–Trinajstić information content (AvgIpc) is 3.17. The van der Waals surface area contributed by atoms with Crippen LogP contribution in [0, 0.1) is 17.6 Å². The SMILES string of the molecule is CC(C)Cn1c(SCC(=O)Nc2cc(F)ccc2F)nnc1C(C)Oc1ccc(C(C)C)cc1. The Hall–Kier alpha value is -2.94. The maximum Gasteiger partial charge on any atom is 0.234 e. The molecule has 6 nitrogen and oxygen atoms in total. The third kappa shape index (κ3) is 6.79. The first-order valence-electron chi connectivity index (χ1n) is 11.2. The summed E-state index contributed by atoms with van der Waals surface area (Å²) in [5.74, 6) is 0.317. The third-order valence-electron chi connectivity index (χ3n) is 5.05. The number of rotatable bonds is 10. The summed E-state index contributed by atoms with van der Waals surface area (Å²) in [5.41, 5.74) is 1.04. The molecule has 0 saturated heterocycles. The maximum absolute atomic E-state index is 13.8. The number of nitrogens with one attached hydrogen (secondary N) is 1. The second-order valence-corrected chi connectivity index (χ2v) is 9.73. The molecule has 0 radical (unpaired) electrons. The Balaban J connectivity index is 1.70. The third-order valence-corrected chi connectivity index (χ3v) is 6.02. The molecule has 0 aliphatic rings. The van der Waals surface area contributed by atoms with Gasteiger partial charge in [-0.05, 0) is 48.6 Å². The molecule has 1 aromatic heterocycles. The molecule has 1 atom stereocenters. The lowest BCUT2D eigenvalue weighted by atomic mass is 10.0. The smallest absolute Gasteiger partial charge is 0.234 e. The van der Waals surface area contributed by atoms with Crippen LogP contribution in [0.5, 0.6) is 5.75 Å². The highest BCUT2D eigenvalue weighted by Gasteiger charge is 2.21. The van der Waals surface area contributed by atoms with E-state index in [2.05, 4.69) is 43.2 Å². The molecule has 9 heteroatoms. The van der Waals surface area contributed by atoms with Crippen LogP contribution in [0.4, 0.5) is 14.5 Å². The van der Waals surface area contributed by atoms with E-state index >= 15 is 0 Å². The van der Waals surface area contributed by atoms with E-state index in [1.807, 2.05) is 35.8 Å². The van der Waals surface area contributed by atoms with Crippen LogP contribution in [0.25, 0.3) is 0 Å². The average molecular weight is 489 g/mol. The second-order valence-electron chi connectivity index (χ2n) is 8.79. The summed E-state index contributed by atoms with van der Waals surface area (Å²) in [6.45, 7) is 11.0. The molecule has 0 spiro atoms. The van der Waals surface area contributed by atoms with Crippen molar-refractivity contribution in [2.75, 3.05) is 11.1 Å². The van der Waals surface area contributed by atoms with Gasteiger partial charge in [0.25, 0.3) is 0 Å². The van der Waals surface area contributed by atoms with Gasteiger partial charge in [0.1, 0.15) is 17.4 Å². The number of hydrogen-bond acceptors (Lipinski definition) is 5. The Morgan fingerprint density at radius 1 is 1.06 bits per heavy atom. The molecule has 3 aromatic rings. The lowest BCUT2D eigenvalue weighted by molar-refractivity contribution is -0.113. The molecule has 1 heterocycles. The minimum atomic E-state index is -0.697. The number of aromatic nitrogens is 3. The fourth-order valence-electron chi connectivity index (χ4n) is 3.34. The summed E-state index contributed by atoms with van der Waals surface area (Å²) in [4.78, 5) is 12.3. The van der Waals surface area contributed by atoms with Gasteiger partial charge in [-0.25, -0.2) is 8.78 Å². The summed E-state index contributed by atoms with van der Waals surface area (Å²) in [7, 11) is 0. The van der Waals surface area contributed by atoms with Crippen molar-refractivity contribution in [2.45, 2.75) is 58.3 Å². The molecule has 1 N–H and O–H groups in total. The van der Waals surface area contributed by atoms with Crippen LogP contribution >= 0.6 is 11.8 Å². The highest BCUT2D eigenvalue weighted by molar-refractivity contribution is 7.99. The molecule has 0 fully saturated rings. The lowest BCUT2D eigenvalue weighted by Gasteiger charge is -2.18. The Labute approximate surface area is 203 Å². The van der Waals surface area contributed by atoms with Gasteiger partial charge in [-0.2, -0.15) is 0 Å². The molecule has 1 unspecified atom stereocenters. The Morgan fingerprint density at radius 3 is 2.41 bits per heavy atom. The van der Waals surface area contributed by atoms with Crippen molar-refractivity contribution >= 4 is 23.4 Å². The fourth-order valence-corrected chi connectivity index (χ4v) is 4.10. The van der Waals surface area contributed by atoms with Crippen LogP contribution in [0.2, 0.25) is 0 Å². The lowest BCUT2D eigenvalue weighted by Crippen LogP contribution is -2.17. The van der Waals surface area contributed by atoms with E-state index in [1.165, 1.54) is 17.3 Å². The van der Waals surface area contributed by atoms with Crippen LogP contribution in [0.15, 0.2) is 47.6 Å². The van der Waals surface area contributed by atoms with E-state index in [-0.39, 0.29) is 17.5 Å². The highest BCUT2D eigenvalue weighted by Crippen LogP contribution is 2.27. The zero-order chi connectivity index (χ0) is 24.8. The molecule has 0 saturated carbocycles. The summed E-state index contributed by atoms with van der Waals surface area (Å²) >= 11 is 1.18. The van der Waals surface area contributed by atoms with E-state index in [0.717, 1.165) is 23.9 Å². The van der Waals surface area contributed by atoms with Crippen molar-refractivity contribution < 1.29 is 18.3 Å². The van der Waals surface area contributed by atoms with Crippen LogP contribution in [-0.2, 0) is 11.3 Å². The molecular formula is C25H30F2N4O2S. The van der Waals surface area contributed by atoms with Crippen molar-refractivity contribution in [2.24, 2.45) is 5.92 Å². The second kappa shape index (κ2) is 11.5. The summed E-state index contributed by atoms with van der Waals surface area (Å²) in [6, 6.07) is 10.9. The Bertz CT molecular complexity index is 1120. The maximum atomic E-state index is 13.8. The topological polar surface area (TPSA) is 69.0 Å². The molecule has 0 aliphatic carbocycles. The summed E-state index contributed by atoms with van der Waals surface area (Å²) in [5, 5.41) is 11.5. The number of hydrogen-bond donors (Lipinski definition) is 1. The predicted molar refractivity (Wildman–Crippen MR) is 130 cm³/mol. The van der Waals surface area contributed by atoms with Gasteiger partial charge >= 0.3 is 0 Å². The standard InChI is InChI=1S/C25H30F2N4O2S/c1-15(2)13-31-24(17(5)33-20-9-6-18(7-10-20)16(3)4)29-30-25(31)34-14-23(32)28-22-12-19(26)8-11-21(22)27/h6-12,15-17H,13-14H2,1-5H3,(H,28,32).